The van der Waals surface area contributed by atoms with E-state index in [4.69, 9.17) is 9.47 Å². The smallest absolute Gasteiger partial charge is 0.410 e. The number of fused-ring (bicyclic) bond motifs is 1. The zero-order chi connectivity index (χ0) is 19.8. The lowest BCUT2D eigenvalue weighted by molar-refractivity contribution is -0.374. The Morgan fingerprint density at radius 2 is 1.79 bits per heavy atom. The van der Waals surface area contributed by atoms with E-state index in [0.29, 0.717) is 18.4 Å². The van der Waals surface area contributed by atoms with Crippen LogP contribution in [0, 0.1) is 0 Å². The molecule has 2 aromatic carbocycles. The highest BCUT2D eigenvalue weighted by atomic mass is 16.7. The van der Waals surface area contributed by atoms with Gasteiger partial charge in [0.15, 0.2) is 12.0 Å². The van der Waals surface area contributed by atoms with Crippen LogP contribution in [0.3, 0.4) is 0 Å². The third-order valence-electron chi connectivity index (χ3n) is 5.50. The molecule has 2 aliphatic rings. The summed E-state index contributed by atoms with van der Waals surface area (Å²) in [6, 6.07) is 19.0. The third kappa shape index (κ3) is 3.09. The molecule has 0 spiro atoms. The minimum absolute atomic E-state index is 0.0467. The second-order valence-corrected chi connectivity index (χ2v) is 7.44. The molecule has 2 heterocycles. The van der Waals surface area contributed by atoms with Gasteiger partial charge in [-0.1, -0.05) is 72.8 Å². The topological polar surface area (TPSA) is 79.2 Å². The predicted molar refractivity (Wildman–Crippen MR) is 103 cm³/mol. The van der Waals surface area contributed by atoms with E-state index in [1.165, 1.54) is 0 Å². The van der Waals surface area contributed by atoms with E-state index in [2.05, 4.69) is 6.58 Å². The number of likely N-dealkylation sites (tertiary alicyclic amines) is 1. The van der Waals surface area contributed by atoms with Crippen molar-refractivity contribution in [1.29, 1.82) is 0 Å². The first-order valence-corrected chi connectivity index (χ1v) is 9.21. The van der Waals surface area contributed by atoms with Crippen LogP contribution in [0.25, 0.3) is 0 Å². The van der Waals surface area contributed by atoms with Gasteiger partial charge in [-0.15, -0.1) is 0 Å². The molecule has 2 aromatic rings. The summed E-state index contributed by atoms with van der Waals surface area (Å²) in [6.07, 6.45) is -1.26. The largest absolute Gasteiger partial charge is 0.465 e. The summed E-state index contributed by atoms with van der Waals surface area (Å²) in [6.45, 7) is 3.88. The van der Waals surface area contributed by atoms with Gasteiger partial charge in [0.1, 0.15) is 12.2 Å². The van der Waals surface area contributed by atoms with E-state index in [1.807, 2.05) is 60.7 Å². The van der Waals surface area contributed by atoms with Crippen LogP contribution >= 0.6 is 0 Å². The van der Waals surface area contributed by atoms with Gasteiger partial charge in [0.25, 0.3) is 0 Å². The van der Waals surface area contributed by atoms with Gasteiger partial charge in [0.05, 0.1) is 0 Å². The van der Waals surface area contributed by atoms with Crippen LogP contribution in [0.2, 0.25) is 0 Å². The molecule has 0 radical (unpaired) electrons. The Morgan fingerprint density at radius 3 is 2.43 bits per heavy atom. The molecule has 3 atom stereocenters. The number of benzene rings is 2. The number of piperidine rings is 1. The fraction of sp³-hybridized carbons (Fsp3) is 0.318. The van der Waals surface area contributed by atoms with Crippen molar-refractivity contribution in [1.82, 2.24) is 4.90 Å². The van der Waals surface area contributed by atoms with Gasteiger partial charge in [-0.2, -0.15) is 0 Å². The van der Waals surface area contributed by atoms with Crippen molar-refractivity contribution in [3.8, 4) is 0 Å². The van der Waals surface area contributed by atoms with Crippen LogP contribution in [0.1, 0.15) is 23.8 Å². The average Bonchev–Trinajstić information content (AvgIpc) is 2.69. The van der Waals surface area contributed by atoms with Crippen LogP contribution in [0.4, 0.5) is 4.79 Å². The first-order valence-electron chi connectivity index (χ1n) is 9.21. The quantitative estimate of drug-likeness (QED) is 0.797. The number of aliphatic hydroxyl groups is 1. The van der Waals surface area contributed by atoms with E-state index >= 15 is 0 Å². The molecule has 1 amide bonds. The molecule has 2 fully saturated rings. The highest BCUT2D eigenvalue weighted by Gasteiger charge is 2.63. The van der Waals surface area contributed by atoms with Gasteiger partial charge in [-0.25, -0.2) is 4.79 Å². The zero-order valence-electron chi connectivity index (χ0n) is 15.5. The first kappa shape index (κ1) is 18.7. The lowest BCUT2D eigenvalue weighted by Crippen LogP contribution is -2.75. The molecule has 0 saturated carbocycles. The summed E-state index contributed by atoms with van der Waals surface area (Å²) in [7, 11) is 0. The maximum atomic E-state index is 11.9. The number of amides is 1. The van der Waals surface area contributed by atoms with Gasteiger partial charge < -0.3 is 19.7 Å². The molecule has 2 saturated heterocycles. The fourth-order valence-corrected chi connectivity index (χ4v) is 4.15. The summed E-state index contributed by atoms with van der Waals surface area (Å²) in [5, 5.41) is 21.3. The number of carboxylic acid groups (broad SMARTS) is 1. The van der Waals surface area contributed by atoms with Crippen LogP contribution in [-0.4, -0.2) is 45.7 Å². The van der Waals surface area contributed by atoms with Crippen LogP contribution in [0.15, 0.2) is 72.8 Å². The molecule has 0 aromatic heterocycles. The summed E-state index contributed by atoms with van der Waals surface area (Å²) >= 11 is 0. The fourth-order valence-electron chi connectivity index (χ4n) is 4.15. The summed E-state index contributed by atoms with van der Waals surface area (Å²) in [4.78, 5) is 12.9. The Morgan fingerprint density at radius 1 is 1.14 bits per heavy atom. The van der Waals surface area contributed by atoms with Crippen molar-refractivity contribution >= 4 is 6.09 Å². The van der Waals surface area contributed by atoms with Crippen molar-refractivity contribution in [3.05, 3.63) is 83.9 Å². The number of nitrogens with zero attached hydrogens (tertiary/aromatic N) is 1. The molecular weight excluding hydrogens is 358 g/mol. The van der Waals surface area contributed by atoms with Crippen molar-refractivity contribution in [2.75, 3.05) is 13.2 Å². The second-order valence-electron chi connectivity index (χ2n) is 7.44. The molecule has 6 nitrogen and oxygen atoms in total. The molecule has 0 aliphatic carbocycles. The standard InChI is InChI=1S/C22H23NO5/c1-16-12-21(13-17-8-4-2-5-9-17)22(26,23(14-16)20(24)25)15-27-19(28-21)18-10-6-3-7-11-18/h2-11,19,26H,1,12-15H2,(H,24,25)/t19-,21-,22+/m1/s1. The summed E-state index contributed by atoms with van der Waals surface area (Å²) in [5.41, 5.74) is -0.580. The van der Waals surface area contributed by atoms with Crippen LogP contribution < -0.4 is 0 Å². The maximum absolute atomic E-state index is 11.9. The average molecular weight is 381 g/mol. The van der Waals surface area contributed by atoms with Crippen LogP contribution in [0.5, 0.6) is 0 Å². The third-order valence-corrected chi connectivity index (χ3v) is 5.50. The molecule has 2 aliphatic heterocycles. The first-order chi connectivity index (χ1) is 13.4. The second kappa shape index (κ2) is 7.05. The molecular formula is C22H23NO5. The monoisotopic (exact) mass is 381 g/mol. The molecule has 6 heteroatoms. The number of carbonyl (C=O) groups is 1. The highest BCUT2D eigenvalue weighted by molar-refractivity contribution is 5.67. The molecule has 0 bridgehead atoms. The zero-order valence-corrected chi connectivity index (χ0v) is 15.5. The van der Waals surface area contributed by atoms with Crippen molar-refractivity contribution in [2.24, 2.45) is 0 Å². The summed E-state index contributed by atoms with van der Waals surface area (Å²) < 4.78 is 12.2. The number of rotatable bonds is 3. The summed E-state index contributed by atoms with van der Waals surface area (Å²) in [5.74, 6) is 0. The normalized spacial score (nSPS) is 30.0. The van der Waals surface area contributed by atoms with Gasteiger partial charge in [-0.3, -0.25) is 4.90 Å². The van der Waals surface area contributed by atoms with E-state index in [9.17, 15) is 15.0 Å². The van der Waals surface area contributed by atoms with E-state index in [1.54, 1.807) is 0 Å². The maximum Gasteiger partial charge on any atom is 0.410 e. The minimum Gasteiger partial charge on any atom is -0.465 e. The Bertz CT molecular complexity index is 871. The molecule has 0 unspecified atom stereocenters. The van der Waals surface area contributed by atoms with Gasteiger partial charge in [0, 0.05) is 24.9 Å². The van der Waals surface area contributed by atoms with Crippen LogP contribution in [-0.2, 0) is 15.9 Å². The van der Waals surface area contributed by atoms with E-state index in [-0.39, 0.29) is 13.2 Å². The van der Waals surface area contributed by atoms with Gasteiger partial charge in [-0.05, 0) is 5.56 Å². The van der Waals surface area contributed by atoms with Crippen molar-refractivity contribution < 1.29 is 24.5 Å². The molecule has 4 rings (SSSR count). The SMILES string of the molecule is C=C1CN(C(=O)O)[C@]2(O)CO[C@@H](c3ccccc3)O[C@@]2(Cc2ccccc2)C1. The van der Waals surface area contributed by atoms with Crippen molar-refractivity contribution in [3.63, 3.8) is 0 Å². The number of hydrogen-bond donors (Lipinski definition) is 2. The number of hydrogen-bond acceptors (Lipinski definition) is 4. The predicted octanol–water partition coefficient (Wildman–Crippen LogP) is 3.34. The minimum atomic E-state index is -1.82. The Hall–Kier alpha value is -2.67. The van der Waals surface area contributed by atoms with E-state index < -0.39 is 23.7 Å². The Balaban J connectivity index is 1.78. The molecule has 146 valence electrons. The van der Waals surface area contributed by atoms with E-state index in [0.717, 1.165) is 16.0 Å². The Labute approximate surface area is 163 Å². The number of ether oxygens (including phenoxy) is 2. The lowest BCUT2D eigenvalue weighted by Gasteiger charge is -2.58. The molecule has 28 heavy (non-hydrogen) atoms. The van der Waals surface area contributed by atoms with Gasteiger partial charge in [0.2, 0.25) is 0 Å². The highest BCUT2D eigenvalue weighted by Crippen LogP contribution is 2.49. The lowest BCUT2D eigenvalue weighted by atomic mass is 9.74. The molecule has 2 N–H and O–H groups in total. The van der Waals surface area contributed by atoms with Gasteiger partial charge >= 0.3 is 6.09 Å². The Kier molecular flexibility index (Phi) is 4.71. The van der Waals surface area contributed by atoms with Crippen molar-refractivity contribution in [2.45, 2.75) is 30.5 Å².